The number of esters is 1. The Balaban J connectivity index is 1.73. The zero-order chi connectivity index (χ0) is 17.8. The van der Waals surface area contributed by atoms with Crippen LogP contribution < -0.4 is 9.47 Å². The first kappa shape index (κ1) is 17.1. The first-order chi connectivity index (χ1) is 12.1. The molecule has 0 saturated carbocycles. The molecule has 1 aromatic heterocycles. The van der Waals surface area contributed by atoms with Gasteiger partial charge < -0.3 is 9.47 Å². The molecule has 0 amide bonds. The molecule has 2 aromatic carbocycles. The molecule has 3 aromatic rings. The fraction of sp³-hybridized carbons (Fsp3) is 0.105. The zero-order valence-electron chi connectivity index (χ0n) is 13.7. The van der Waals surface area contributed by atoms with E-state index in [-0.39, 0.29) is 5.88 Å². The summed E-state index contributed by atoms with van der Waals surface area (Å²) in [6.45, 7) is 2.02. The summed E-state index contributed by atoms with van der Waals surface area (Å²) >= 11 is 3.34. The Bertz CT molecular complexity index is 894. The van der Waals surface area contributed by atoms with E-state index in [0.717, 1.165) is 5.56 Å². The Kier molecular flexibility index (Phi) is 5.09. The van der Waals surface area contributed by atoms with Crippen LogP contribution in [0.4, 0.5) is 0 Å². The molecule has 0 N–H and O–H groups in total. The molecular weight excluding hydrogens is 384 g/mol. The van der Waals surface area contributed by atoms with Crippen LogP contribution in [0.5, 0.6) is 11.6 Å². The van der Waals surface area contributed by atoms with Gasteiger partial charge in [-0.15, -0.1) is 10.2 Å². The maximum Gasteiger partial charge on any atom is 0.344 e. The highest BCUT2D eigenvalue weighted by Crippen LogP contribution is 2.26. The van der Waals surface area contributed by atoms with Gasteiger partial charge in [-0.3, -0.25) is 0 Å². The van der Waals surface area contributed by atoms with E-state index >= 15 is 0 Å². The molecular formula is C19H15BrN2O3. The van der Waals surface area contributed by atoms with Gasteiger partial charge in [0.15, 0.2) is 0 Å². The van der Waals surface area contributed by atoms with Crippen LogP contribution >= 0.6 is 15.9 Å². The van der Waals surface area contributed by atoms with Gasteiger partial charge >= 0.3 is 5.97 Å². The van der Waals surface area contributed by atoms with Gasteiger partial charge in [0.2, 0.25) is 5.88 Å². The largest absolute Gasteiger partial charge is 0.496 e. The summed E-state index contributed by atoms with van der Waals surface area (Å²) in [6.07, 6.45) is 0. The smallest absolute Gasteiger partial charge is 0.344 e. The van der Waals surface area contributed by atoms with Crippen LogP contribution in [0.2, 0.25) is 0 Å². The topological polar surface area (TPSA) is 61.3 Å². The molecule has 0 spiro atoms. The van der Waals surface area contributed by atoms with Crippen LogP contribution in [0.15, 0.2) is 59.1 Å². The molecule has 0 aliphatic heterocycles. The van der Waals surface area contributed by atoms with Crippen LogP contribution in [0.3, 0.4) is 0 Å². The molecule has 126 valence electrons. The van der Waals surface area contributed by atoms with Crippen molar-refractivity contribution in [3.8, 4) is 22.9 Å². The van der Waals surface area contributed by atoms with Crippen molar-refractivity contribution < 1.29 is 14.3 Å². The summed E-state index contributed by atoms with van der Waals surface area (Å²) in [6, 6.07) is 16.3. The molecule has 6 heteroatoms. The Morgan fingerprint density at radius 1 is 1.00 bits per heavy atom. The summed E-state index contributed by atoms with van der Waals surface area (Å²) in [5.74, 6) is 0.271. The molecule has 3 rings (SSSR count). The zero-order valence-corrected chi connectivity index (χ0v) is 15.3. The molecule has 0 radical (unpaired) electrons. The predicted octanol–water partition coefficient (Wildman–Crippen LogP) is 4.44. The van der Waals surface area contributed by atoms with E-state index in [4.69, 9.17) is 9.47 Å². The molecule has 0 atom stereocenters. The van der Waals surface area contributed by atoms with Gasteiger partial charge in [0, 0.05) is 11.6 Å². The van der Waals surface area contributed by atoms with Crippen molar-refractivity contribution >= 4 is 21.9 Å². The molecule has 0 unspecified atom stereocenters. The van der Waals surface area contributed by atoms with Crippen molar-refractivity contribution in [2.75, 3.05) is 7.11 Å². The Labute approximate surface area is 153 Å². The fourth-order valence-electron chi connectivity index (χ4n) is 2.20. The van der Waals surface area contributed by atoms with Gasteiger partial charge in [0.05, 0.1) is 22.8 Å². The normalized spacial score (nSPS) is 10.4. The highest BCUT2D eigenvalue weighted by atomic mass is 79.9. The summed E-state index contributed by atoms with van der Waals surface area (Å²) in [5, 5.41) is 8.08. The lowest BCUT2D eigenvalue weighted by molar-refractivity contribution is 0.0725. The number of carbonyl (C=O) groups excluding carboxylic acids is 1. The summed E-state index contributed by atoms with van der Waals surface area (Å²) in [4.78, 5) is 12.2. The van der Waals surface area contributed by atoms with E-state index in [1.54, 1.807) is 37.4 Å². The van der Waals surface area contributed by atoms with E-state index < -0.39 is 5.97 Å². The van der Waals surface area contributed by atoms with Crippen LogP contribution in [0.1, 0.15) is 15.9 Å². The lowest BCUT2D eigenvalue weighted by Gasteiger charge is -2.07. The van der Waals surface area contributed by atoms with Crippen molar-refractivity contribution in [1.29, 1.82) is 0 Å². The number of hydrogen-bond acceptors (Lipinski definition) is 5. The van der Waals surface area contributed by atoms with Crippen molar-refractivity contribution in [3.05, 3.63) is 70.2 Å². The monoisotopic (exact) mass is 398 g/mol. The number of methoxy groups -OCH3 is 1. The number of nitrogens with zero attached hydrogens (tertiary/aromatic N) is 2. The molecule has 0 bridgehead atoms. The first-order valence-corrected chi connectivity index (χ1v) is 8.32. The van der Waals surface area contributed by atoms with Crippen molar-refractivity contribution in [3.63, 3.8) is 0 Å². The van der Waals surface area contributed by atoms with E-state index in [0.29, 0.717) is 21.5 Å². The molecule has 0 saturated heterocycles. The van der Waals surface area contributed by atoms with E-state index in [1.165, 1.54) is 5.56 Å². The number of halogens is 1. The third kappa shape index (κ3) is 4.03. The minimum absolute atomic E-state index is 0.146. The van der Waals surface area contributed by atoms with Crippen molar-refractivity contribution in [2.45, 2.75) is 6.92 Å². The molecule has 0 fully saturated rings. The molecule has 0 aliphatic rings. The van der Waals surface area contributed by atoms with Crippen LogP contribution in [-0.4, -0.2) is 23.3 Å². The standard InChI is InChI=1S/C19H15BrN2O3/c1-12-3-5-13(6-4-12)16-8-10-18(22-21-16)25-19(23)14-7-9-17(24-2)15(20)11-14/h3-11H,1-2H3. The second-order valence-corrected chi connectivity index (χ2v) is 6.22. The predicted molar refractivity (Wildman–Crippen MR) is 97.9 cm³/mol. The van der Waals surface area contributed by atoms with E-state index in [1.807, 2.05) is 31.2 Å². The lowest BCUT2D eigenvalue weighted by atomic mass is 10.1. The number of rotatable bonds is 4. The number of carbonyl (C=O) groups is 1. The average molecular weight is 399 g/mol. The second kappa shape index (κ2) is 7.44. The van der Waals surface area contributed by atoms with Crippen LogP contribution in [-0.2, 0) is 0 Å². The highest BCUT2D eigenvalue weighted by Gasteiger charge is 2.12. The first-order valence-electron chi connectivity index (χ1n) is 7.53. The van der Waals surface area contributed by atoms with Gasteiger partial charge in [-0.05, 0) is 47.1 Å². The Hall–Kier alpha value is -2.73. The summed E-state index contributed by atoms with van der Waals surface area (Å²) in [7, 11) is 1.56. The maximum atomic E-state index is 12.2. The quantitative estimate of drug-likeness (QED) is 0.607. The number of benzene rings is 2. The Morgan fingerprint density at radius 3 is 2.36 bits per heavy atom. The fourth-order valence-corrected chi connectivity index (χ4v) is 2.74. The number of ether oxygens (including phenoxy) is 2. The van der Waals surface area contributed by atoms with Gasteiger partial charge in [-0.25, -0.2) is 4.79 Å². The van der Waals surface area contributed by atoms with Gasteiger partial charge in [-0.1, -0.05) is 29.8 Å². The molecule has 1 heterocycles. The van der Waals surface area contributed by atoms with Crippen molar-refractivity contribution in [2.24, 2.45) is 0 Å². The summed E-state index contributed by atoms with van der Waals surface area (Å²) in [5.41, 5.74) is 3.23. The van der Waals surface area contributed by atoms with E-state index in [2.05, 4.69) is 26.1 Å². The van der Waals surface area contributed by atoms with Crippen molar-refractivity contribution in [1.82, 2.24) is 10.2 Å². The van der Waals surface area contributed by atoms with Gasteiger partial charge in [0.25, 0.3) is 0 Å². The minimum atomic E-state index is -0.513. The molecule has 0 aliphatic carbocycles. The van der Waals surface area contributed by atoms with E-state index in [9.17, 15) is 4.79 Å². The number of hydrogen-bond donors (Lipinski definition) is 0. The summed E-state index contributed by atoms with van der Waals surface area (Å²) < 4.78 is 11.1. The SMILES string of the molecule is COc1ccc(C(=O)Oc2ccc(-c3ccc(C)cc3)nn2)cc1Br. The van der Waals surface area contributed by atoms with Crippen LogP contribution in [0, 0.1) is 6.92 Å². The third-order valence-electron chi connectivity index (χ3n) is 3.57. The molecule has 5 nitrogen and oxygen atoms in total. The van der Waals surface area contributed by atoms with Gasteiger partial charge in [-0.2, -0.15) is 0 Å². The Morgan fingerprint density at radius 2 is 1.76 bits per heavy atom. The van der Waals surface area contributed by atoms with Crippen LogP contribution in [0.25, 0.3) is 11.3 Å². The highest BCUT2D eigenvalue weighted by molar-refractivity contribution is 9.10. The molecule has 25 heavy (non-hydrogen) atoms. The maximum absolute atomic E-state index is 12.2. The average Bonchev–Trinajstić information content (AvgIpc) is 2.63. The minimum Gasteiger partial charge on any atom is -0.496 e. The lowest BCUT2D eigenvalue weighted by Crippen LogP contribution is -2.10. The number of aryl methyl sites for hydroxylation is 1. The number of aromatic nitrogens is 2. The third-order valence-corrected chi connectivity index (χ3v) is 4.19. The van der Waals surface area contributed by atoms with Gasteiger partial charge in [0.1, 0.15) is 5.75 Å². The second-order valence-electron chi connectivity index (χ2n) is 5.36.